The molecule has 8 heteroatoms. The van der Waals surface area contributed by atoms with Gasteiger partial charge in [-0.1, -0.05) is 56.3 Å². The highest BCUT2D eigenvalue weighted by atomic mass is 16.7. The van der Waals surface area contributed by atoms with E-state index in [4.69, 9.17) is 14.2 Å². The van der Waals surface area contributed by atoms with E-state index >= 15 is 0 Å². The Hall–Kier alpha value is -2.97. The zero-order valence-electron chi connectivity index (χ0n) is 21.0. The summed E-state index contributed by atoms with van der Waals surface area (Å²) in [6, 6.07) is 9.58. The van der Waals surface area contributed by atoms with Gasteiger partial charge in [-0.05, 0) is 44.2 Å². The molecule has 0 radical (unpaired) electrons. The topological polar surface area (TPSA) is 114 Å². The third kappa shape index (κ3) is 3.78. The van der Waals surface area contributed by atoms with E-state index < -0.39 is 40.6 Å². The van der Waals surface area contributed by atoms with Crippen molar-refractivity contribution in [2.24, 2.45) is 23.7 Å². The van der Waals surface area contributed by atoms with Crippen LogP contribution in [0.5, 0.6) is 0 Å². The number of hydrogen-bond donors (Lipinski definition) is 2. The molecule has 1 aromatic carbocycles. The molecule has 0 bridgehead atoms. The zero-order chi connectivity index (χ0) is 25.9. The molecule has 2 unspecified atom stereocenters. The summed E-state index contributed by atoms with van der Waals surface area (Å²) in [5, 5.41) is 13.7. The van der Waals surface area contributed by atoms with E-state index in [1.54, 1.807) is 6.92 Å². The number of nitrogens with one attached hydrogen (secondary N) is 1. The number of carbonyl (C=O) groups excluding carboxylic acids is 3. The summed E-state index contributed by atoms with van der Waals surface area (Å²) in [7, 11) is 0. The fourth-order valence-corrected chi connectivity index (χ4v) is 6.51. The fraction of sp³-hybridized carbons (Fsp3) is 0.536. The molecule has 3 heterocycles. The van der Waals surface area contributed by atoms with Crippen LogP contribution in [0.1, 0.15) is 39.7 Å². The van der Waals surface area contributed by atoms with E-state index in [1.165, 1.54) is 6.92 Å². The van der Waals surface area contributed by atoms with Gasteiger partial charge in [0.15, 0.2) is 5.78 Å². The predicted octanol–water partition coefficient (Wildman–Crippen LogP) is 3.09. The van der Waals surface area contributed by atoms with Crippen molar-refractivity contribution in [1.82, 2.24) is 5.32 Å². The van der Waals surface area contributed by atoms with Crippen LogP contribution in [0, 0.1) is 23.7 Å². The van der Waals surface area contributed by atoms with Crippen LogP contribution >= 0.6 is 0 Å². The summed E-state index contributed by atoms with van der Waals surface area (Å²) in [5.74, 6) is -2.32. The summed E-state index contributed by atoms with van der Waals surface area (Å²) >= 11 is 0. The van der Waals surface area contributed by atoms with Gasteiger partial charge in [-0.15, -0.1) is 0 Å². The molecule has 1 aliphatic carbocycles. The van der Waals surface area contributed by atoms with Gasteiger partial charge in [0.05, 0.1) is 23.9 Å². The number of carbonyl (C=O) groups is 3. The lowest BCUT2D eigenvalue weighted by atomic mass is 9.59. The maximum absolute atomic E-state index is 13.8. The largest absolute Gasteiger partial charge is 0.514 e. The third-order valence-corrected chi connectivity index (χ3v) is 8.64. The van der Waals surface area contributed by atoms with Crippen LogP contribution in [0.4, 0.5) is 4.79 Å². The Morgan fingerprint density at radius 2 is 1.83 bits per heavy atom. The summed E-state index contributed by atoms with van der Waals surface area (Å²) < 4.78 is 17.3. The van der Waals surface area contributed by atoms with Gasteiger partial charge in [-0.3, -0.25) is 9.59 Å². The van der Waals surface area contributed by atoms with E-state index in [-0.39, 0.29) is 29.9 Å². The standard InChI is InChI=1S/C28H33NO7/c1-16-9-8-12-19-23-27(4,35-23)17(2)21-20(15-18-10-6-5-7-11-18)29-24(31)28(19,21)36-25(32)34-14-13-26(3,33)22(16)30/h5-8,10-14,16-17,19-21,23,33H,9,15H2,1-4H3,(H,29,31)/t16-,17-,19?,20-,21?,23-,26+,27+,28+/m0/s1. The molecular weight excluding hydrogens is 462 g/mol. The number of hydrogen-bond acceptors (Lipinski definition) is 7. The van der Waals surface area contributed by atoms with Crippen molar-refractivity contribution < 1.29 is 33.7 Å². The molecule has 2 N–H and O–H groups in total. The number of amides is 1. The molecule has 1 spiro atoms. The van der Waals surface area contributed by atoms with E-state index in [1.807, 2.05) is 56.3 Å². The Labute approximate surface area is 210 Å². The quantitative estimate of drug-likeness (QED) is 0.368. The summed E-state index contributed by atoms with van der Waals surface area (Å²) in [6.07, 6.45) is 5.28. The molecule has 9 atom stereocenters. The first-order valence-electron chi connectivity index (χ1n) is 12.5. The Bertz CT molecular complexity index is 1130. The fourth-order valence-electron chi connectivity index (χ4n) is 6.51. The molecule has 2 saturated heterocycles. The lowest BCUT2D eigenvalue weighted by molar-refractivity contribution is -0.153. The summed E-state index contributed by atoms with van der Waals surface area (Å²) in [4.78, 5) is 39.5. The van der Waals surface area contributed by atoms with Crippen LogP contribution in [0.3, 0.4) is 0 Å². The maximum atomic E-state index is 13.8. The van der Waals surface area contributed by atoms with Crippen LogP contribution < -0.4 is 5.32 Å². The molecule has 3 fully saturated rings. The highest BCUT2D eigenvalue weighted by Gasteiger charge is 2.78. The average molecular weight is 496 g/mol. The predicted molar refractivity (Wildman–Crippen MR) is 129 cm³/mol. The van der Waals surface area contributed by atoms with E-state index in [2.05, 4.69) is 5.32 Å². The number of epoxide rings is 1. The van der Waals surface area contributed by atoms with Crippen molar-refractivity contribution in [3.8, 4) is 0 Å². The number of aliphatic hydroxyl groups is 1. The summed E-state index contributed by atoms with van der Waals surface area (Å²) in [6.45, 7) is 7.15. The SMILES string of the molecule is C[C@H]1CC=CC2[C@@H]3O[C@]3(C)[C@@H](C)C3[C@H](Cc4ccccc4)NC(=O)[C@]32OC(=O)OC=C[C@@](C)(O)C1=O. The Morgan fingerprint density at radius 3 is 2.56 bits per heavy atom. The summed E-state index contributed by atoms with van der Waals surface area (Å²) in [5.41, 5.74) is -2.76. The van der Waals surface area contributed by atoms with Gasteiger partial charge < -0.3 is 24.6 Å². The second kappa shape index (κ2) is 8.56. The molecule has 192 valence electrons. The molecule has 36 heavy (non-hydrogen) atoms. The van der Waals surface area contributed by atoms with Crippen molar-refractivity contribution in [2.45, 2.75) is 69.5 Å². The van der Waals surface area contributed by atoms with E-state index in [0.717, 1.165) is 17.9 Å². The molecule has 0 aromatic heterocycles. The first-order valence-corrected chi connectivity index (χ1v) is 12.5. The van der Waals surface area contributed by atoms with Gasteiger partial charge in [0.2, 0.25) is 5.60 Å². The molecule has 4 aliphatic rings. The van der Waals surface area contributed by atoms with Crippen LogP contribution in [0.25, 0.3) is 0 Å². The molecule has 5 rings (SSSR count). The Kier molecular flexibility index (Phi) is 5.87. The van der Waals surface area contributed by atoms with Crippen molar-refractivity contribution in [3.63, 3.8) is 0 Å². The van der Waals surface area contributed by atoms with Crippen LogP contribution in [-0.2, 0) is 30.2 Å². The number of allylic oxidation sites excluding steroid dienone is 1. The minimum atomic E-state index is -1.81. The van der Waals surface area contributed by atoms with Gasteiger partial charge in [0, 0.05) is 17.9 Å². The van der Waals surface area contributed by atoms with Crippen molar-refractivity contribution >= 4 is 17.8 Å². The van der Waals surface area contributed by atoms with Gasteiger partial charge in [0.1, 0.15) is 5.60 Å². The molecule has 1 saturated carbocycles. The number of benzene rings is 1. The molecule has 1 aromatic rings. The van der Waals surface area contributed by atoms with Crippen molar-refractivity contribution in [3.05, 3.63) is 60.4 Å². The monoisotopic (exact) mass is 495 g/mol. The van der Waals surface area contributed by atoms with Gasteiger partial charge in [0.25, 0.3) is 5.91 Å². The lowest BCUT2D eigenvalue weighted by Gasteiger charge is -2.45. The molecule has 3 aliphatic heterocycles. The van der Waals surface area contributed by atoms with Gasteiger partial charge in [-0.25, -0.2) is 4.79 Å². The maximum Gasteiger partial charge on any atom is 0.514 e. The van der Waals surface area contributed by atoms with Crippen molar-refractivity contribution in [1.29, 1.82) is 0 Å². The minimum Gasteiger partial charge on any atom is -0.416 e. The number of rotatable bonds is 2. The average Bonchev–Trinajstić information content (AvgIpc) is 3.45. The normalized spacial score (nSPS) is 44.0. The minimum absolute atomic E-state index is 0.0972. The number of Topliss-reactive ketones (excluding diaryl/α,β-unsaturated/α-hetero) is 1. The first-order chi connectivity index (χ1) is 17.0. The number of ketones is 1. The Balaban J connectivity index is 1.58. The van der Waals surface area contributed by atoms with E-state index in [9.17, 15) is 19.5 Å². The van der Waals surface area contributed by atoms with E-state index in [0.29, 0.717) is 12.8 Å². The van der Waals surface area contributed by atoms with Crippen LogP contribution in [-0.4, -0.2) is 51.9 Å². The smallest absolute Gasteiger partial charge is 0.416 e. The lowest BCUT2D eigenvalue weighted by Crippen LogP contribution is -2.61. The number of cyclic esters (lactones) is 1. The number of ether oxygens (including phenoxy) is 3. The molecular formula is C28H33NO7. The first kappa shape index (κ1) is 24.7. The Morgan fingerprint density at radius 1 is 1.11 bits per heavy atom. The van der Waals surface area contributed by atoms with Gasteiger partial charge >= 0.3 is 6.16 Å². The highest BCUT2D eigenvalue weighted by molar-refractivity contribution is 5.92. The van der Waals surface area contributed by atoms with Gasteiger partial charge in [-0.2, -0.15) is 0 Å². The highest BCUT2D eigenvalue weighted by Crippen LogP contribution is 2.63. The third-order valence-electron chi connectivity index (χ3n) is 8.64. The molecule has 1 amide bonds. The second-order valence-corrected chi connectivity index (χ2v) is 11.0. The van der Waals surface area contributed by atoms with Crippen molar-refractivity contribution in [2.75, 3.05) is 0 Å². The number of fused-ring (bicyclic) bond motifs is 2. The second-order valence-electron chi connectivity index (χ2n) is 11.0. The van der Waals surface area contributed by atoms with Crippen LogP contribution in [0.15, 0.2) is 54.8 Å². The zero-order valence-corrected chi connectivity index (χ0v) is 21.0. The molecule has 8 nitrogen and oxygen atoms in total. The van der Waals surface area contributed by atoms with Crippen LogP contribution in [0.2, 0.25) is 0 Å².